The monoisotopic (exact) mass is 431 g/mol. The van der Waals surface area contributed by atoms with Crippen LogP contribution >= 0.6 is 11.6 Å². The smallest absolute Gasteiger partial charge is 0.162 e. The molecule has 6 aromatic rings. The molecule has 0 amide bonds. The first-order valence-electron chi connectivity index (χ1n) is 10.5. The molecule has 2 aromatic heterocycles. The van der Waals surface area contributed by atoms with E-state index in [9.17, 15) is 0 Å². The first kappa shape index (κ1) is 18.8. The summed E-state index contributed by atoms with van der Waals surface area (Å²) in [6.07, 6.45) is 0. The minimum Gasteiger partial charge on any atom is -0.294 e. The summed E-state index contributed by atoms with van der Waals surface area (Å²) in [4.78, 5) is 10.1. The van der Waals surface area contributed by atoms with E-state index < -0.39 is 0 Å². The van der Waals surface area contributed by atoms with E-state index >= 15 is 0 Å². The van der Waals surface area contributed by atoms with Gasteiger partial charge in [0, 0.05) is 27.2 Å². The number of rotatable bonds is 3. The highest BCUT2D eigenvalue weighted by Gasteiger charge is 2.20. The summed E-state index contributed by atoms with van der Waals surface area (Å²) in [6, 6.07) is 36.7. The lowest BCUT2D eigenvalue weighted by molar-refractivity contribution is 1.11. The molecule has 0 aliphatic heterocycles. The third-order valence-corrected chi connectivity index (χ3v) is 5.90. The van der Waals surface area contributed by atoms with Crippen LogP contribution in [0.4, 0.5) is 0 Å². The molecule has 0 unspecified atom stereocenters. The predicted octanol–water partition coefficient (Wildman–Crippen LogP) is 7.56. The van der Waals surface area contributed by atoms with E-state index in [2.05, 4.69) is 47.0 Å². The first-order valence-corrected chi connectivity index (χ1v) is 10.9. The van der Waals surface area contributed by atoms with Crippen LogP contribution in [0.1, 0.15) is 0 Å². The van der Waals surface area contributed by atoms with Gasteiger partial charge in [-0.05, 0) is 30.3 Å². The van der Waals surface area contributed by atoms with Gasteiger partial charge >= 0.3 is 0 Å². The van der Waals surface area contributed by atoms with Crippen molar-refractivity contribution in [3.05, 3.63) is 114 Å². The van der Waals surface area contributed by atoms with Crippen LogP contribution in [-0.4, -0.2) is 14.5 Å². The average molecular weight is 432 g/mol. The molecular weight excluding hydrogens is 414 g/mol. The number of benzene rings is 4. The lowest BCUT2D eigenvalue weighted by atomic mass is 10.1. The van der Waals surface area contributed by atoms with Gasteiger partial charge in [-0.1, -0.05) is 90.5 Å². The normalized spacial score (nSPS) is 11.3. The fraction of sp³-hybridized carbons (Fsp3) is 0. The number of aromatic nitrogens is 3. The van der Waals surface area contributed by atoms with Gasteiger partial charge in [-0.15, -0.1) is 0 Å². The SMILES string of the molecule is Clc1cccc(-c2nc(-c3ccccc3)nc3c2c2ccccc2n3-c2ccccc2)c1. The predicted molar refractivity (Wildman–Crippen MR) is 132 cm³/mol. The molecule has 4 heteroatoms. The van der Waals surface area contributed by atoms with Crippen molar-refractivity contribution in [3.8, 4) is 28.3 Å². The summed E-state index contributed by atoms with van der Waals surface area (Å²) in [5.74, 6) is 0.688. The summed E-state index contributed by atoms with van der Waals surface area (Å²) in [6.45, 7) is 0. The fourth-order valence-electron chi connectivity index (χ4n) is 4.25. The largest absolute Gasteiger partial charge is 0.294 e. The highest BCUT2D eigenvalue weighted by Crippen LogP contribution is 2.38. The van der Waals surface area contributed by atoms with Gasteiger partial charge in [-0.3, -0.25) is 4.57 Å². The van der Waals surface area contributed by atoms with Gasteiger partial charge in [-0.2, -0.15) is 0 Å². The third-order valence-electron chi connectivity index (χ3n) is 5.66. The minimum absolute atomic E-state index is 0.683. The lowest BCUT2D eigenvalue weighted by Crippen LogP contribution is -1.99. The van der Waals surface area contributed by atoms with Gasteiger partial charge in [0.05, 0.1) is 16.6 Å². The summed E-state index contributed by atoms with van der Waals surface area (Å²) < 4.78 is 2.22. The van der Waals surface area contributed by atoms with Gasteiger partial charge in [0.25, 0.3) is 0 Å². The highest BCUT2D eigenvalue weighted by molar-refractivity contribution is 6.31. The van der Waals surface area contributed by atoms with E-state index in [1.807, 2.05) is 66.7 Å². The number of nitrogens with zero attached hydrogens (tertiary/aromatic N) is 3. The molecule has 0 spiro atoms. The molecule has 152 valence electrons. The Balaban J connectivity index is 1.80. The Morgan fingerprint density at radius 1 is 0.625 bits per heavy atom. The quantitative estimate of drug-likeness (QED) is 0.289. The number of para-hydroxylation sites is 2. The van der Waals surface area contributed by atoms with Gasteiger partial charge < -0.3 is 0 Å². The molecule has 4 aromatic carbocycles. The summed E-state index contributed by atoms with van der Waals surface area (Å²) in [5, 5.41) is 2.81. The van der Waals surface area contributed by atoms with Crippen LogP contribution in [0.25, 0.3) is 50.3 Å². The number of fused-ring (bicyclic) bond motifs is 3. The van der Waals surface area contributed by atoms with Crippen LogP contribution in [0, 0.1) is 0 Å². The summed E-state index contributed by atoms with van der Waals surface area (Å²) in [7, 11) is 0. The zero-order chi connectivity index (χ0) is 21.5. The van der Waals surface area contributed by atoms with Gasteiger partial charge in [0.1, 0.15) is 5.65 Å². The molecular formula is C28H18ClN3. The summed E-state index contributed by atoms with van der Waals surface area (Å²) in [5.41, 5.74) is 5.86. The van der Waals surface area contributed by atoms with Crippen LogP contribution in [0.3, 0.4) is 0 Å². The van der Waals surface area contributed by atoms with Gasteiger partial charge in [0.2, 0.25) is 0 Å². The lowest BCUT2D eigenvalue weighted by Gasteiger charge is -2.10. The van der Waals surface area contributed by atoms with E-state index in [0.29, 0.717) is 10.8 Å². The maximum atomic E-state index is 6.37. The topological polar surface area (TPSA) is 30.7 Å². The van der Waals surface area contributed by atoms with E-state index in [1.54, 1.807) is 0 Å². The first-order chi connectivity index (χ1) is 15.8. The molecule has 0 saturated carbocycles. The minimum atomic E-state index is 0.683. The number of hydrogen-bond acceptors (Lipinski definition) is 2. The van der Waals surface area contributed by atoms with Crippen molar-refractivity contribution in [2.24, 2.45) is 0 Å². The molecule has 0 aliphatic rings. The van der Waals surface area contributed by atoms with Crippen molar-refractivity contribution < 1.29 is 0 Å². The molecule has 2 heterocycles. The Labute approximate surface area is 190 Å². The number of halogens is 1. The number of hydrogen-bond donors (Lipinski definition) is 0. The van der Waals surface area contributed by atoms with Gasteiger partial charge in [0.15, 0.2) is 5.82 Å². The molecule has 0 N–H and O–H groups in total. The van der Waals surface area contributed by atoms with Crippen molar-refractivity contribution in [1.82, 2.24) is 14.5 Å². The molecule has 0 fully saturated rings. The van der Waals surface area contributed by atoms with Gasteiger partial charge in [-0.25, -0.2) is 9.97 Å². The van der Waals surface area contributed by atoms with Crippen molar-refractivity contribution in [2.75, 3.05) is 0 Å². The second-order valence-electron chi connectivity index (χ2n) is 7.66. The van der Waals surface area contributed by atoms with E-state index in [4.69, 9.17) is 21.6 Å². The molecule has 0 aliphatic carbocycles. The Morgan fingerprint density at radius 3 is 2.09 bits per heavy atom. The Hall–Kier alpha value is -3.95. The van der Waals surface area contributed by atoms with Crippen LogP contribution in [-0.2, 0) is 0 Å². The molecule has 0 radical (unpaired) electrons. The third kappa shape index (κ3) is 3.06. The molecule has 32 heavy (non-hydrogen) atoms. The van der Waals surface area contributed by atoms with Crippen molar-refractivity contribution in [1.29, 1.82) is 0 Å². The van der Waals surface area contributed by atoms with Crippen LogP contribution in [0.5, 0.6) is 0 Å². The fourth-order valence-corrected chi connectivity index (χ4v) is 4.44. The highest BCUT2D eigenvalue weighted by atomic mass is 35.5. The Morgan fingerprint density at radius 2 is 1.31 bits per heavy atom. The molecule has 3 nitrogen and oxygen atoms in total. The maximum Gasteiger partial charge on any atom is 0.162 e. The second-order valence-corrected chi connectivity index (χ2v) is 8.10. The van der Waals surface area contributed by atoms with Crippen LogP contribution in [0.2, 0.25) is 5.02 Å². The zero-order valence-corrected chi connectivity index (χ0v) is 17.9. The molecule has 0 saturated heterocycles. The molecule has 0 bridgehead atoms. The van der Waals surface area contributed by atoms with Crippen molar-refractivity contribution in [3.63, 3.8) is 0 Å². The Bertz CT molecular complexity index is 1570. The second kappa shape index (κ2) is 7.63. The van der Waals surface area contributed by atoms with Crippen molar-refractivity contribution >= 4 is 33.5 Å². The zero-order valence-electron chi connectivity index (χ0n) is 17.1. The van der Waals surface area contributed by atoms with E-state index in [1.165, 1.54) is 0 Å². The van der Waals surface area contributed by atoms with E-state index in [0.717, 1.165) is 44.4 Å². The van der Waals surface area contributed by atoms with Crippen molar-refractivity contribution in [2.45, 2.75) is 0 Å². The summed E-state index contributed by atoms with van der Waals surface area (Å²) >= 11 is 6.37. The molecule has 0 atom stereocenters. The molecule has 6 rings (SSSR count). The van der Waals surface area contributed by atoms with Crippen LogP contribution < -0.4 is 0 Å². The van der Waals surface area contributed by atoms with Crippen LogP contribution in [0.15, 0.2) is 109 Å². The maximum absolute atomic E-state index is 6.37. The Kier molecular flexibility index (Phi) is 4.48. The average Bonchev–Trinajstić information content (AvgIpc) is 3.19. The standard InChI is InChI=1S/C28H18ClN3/c29-21-13-9-12-20(18-21)26-25-23-16-7-8-17-24(23)32(22-14-5-2-6-15-22)28(25)31-27(30-26)19-10-3-1-4-11-19/h1-18H. The van der Waals surface area contributed by atoms with E-state index in [-0.39, 0.29) is 0 Å².